The lowest BCUT2D eigenvalue weighted by Crippen LogP contribution is -1.93. The highest BCUT2D eigenvalue weighted by Gasteiger charge is 2.12. The molecular weight excluding hydrogens is 241 g/mol. The number of nitrogens with zero attached hydrogens (tertiary/aromatic N) is 3. The first-order valence-electron chi connectivity index (χ1n) is 3.85. The second-order valence-electron chi connectivity index (χ2n) is 2.73. The number of rotatable bonds is 1. The van der Waals surface area contributed by atoms with Gasteiger partial charge in [-0.15, -0.1) is 0 Å². The number of halogens is 2. The Kier molecular flexibility index (Phi) is 2.42. The Bertz CT molecular complexity index is 559. The van der Waals surface area contributed by atoms with Crippen molar-refractivity contribution in [1.82, 2.24) is 9.97 Å². The summed E-state index contributed by atoms with van der Waals surface area (Å²) in [6.45, 7) is 0. The van der Waals surface area contributed by atoms with Gasteiger partial charge in [0.05, 0.1) is 5.02 Å². The van der Waals surface area contributed by atoms with Crippen molar-refractivity contribution in [3.05, 3.63) is 38.5 Å². The van der Waals surface area contributed by atoms with E-state index in [9.17, 15) is 10.1 Å². The minimum absolute atomic E-state index is 0.0807. The summed E-state index contributed by atoms with van der Waals surface area (Å²) in [5.41, 5.74) is 0.207. The monoisotopic (exact) mass is 243 g/mol. The predicted molar refractivity (Wildman–Crippen MR) is 56.2 cm³/mol. The van der Waals surface area contributed by atoms with Crippen LogP contribution in [0.2, 0.25) is 10.2 Å². The SMILES string of the molecule is O=[N+]([O-])c1ccc2cc(Cl)c(Cl)nc2n1. The first kappa shape index (κ1) is 10.1. The fraction of sp³-hybridized carbons (Fsp3) is 0. The fourth-order valence-corrected chi connectivity index (χ4v) is 1.39. The molecular formula is C8H3Cl2N3O2. The highest BCUT2D eigenvalue weighted by atomic mass is 35.5. The van der Waals surface area contributed by atoms with Gasteiger partial charge in [-0.1, -0.05) is 23.2 Å². The van der Waals surface area contributed by atoms with Crippen molar-refractivity contribution < 1.29 is 4.92 Å². The molecule has 2 heterocycles. The molecule has 0 fully saturated rings. The molecule has 0 unspecified atom stereocenters. The summed E-state index contributed by atoms with van der Waals surface area (Å²) in [7, 11) is 0. The molecule has 2 rings (SSSR count). The Morgan fingerprint density at radius 2 is 2.00 bits per heavy atom. The van der Waals surface area contributed by atoms with Gasteiger partial charge < -0.3 is 10.1 Å². The molecule has 0 saturated heterocycles. The van der Waals surface area contributed by atoms with Crippen molar-refractivity contribution in [2.45, 2.75) is 0 Å². The average Bonchev–Trinajstić information content (AvgIpc) is 2.19. The van der Waals surface area contributed by atoms with Crippen LogP contribution in [0, 0.1) is 10.1 Å². The van der Waals surface area contributed by atoms with Crippen molar-refractivity contribution in [2.24, 2.45) is 0 Å². The lowest BCUT2D eigenvalue weighted by molar-refractivity contribution is -0.389. The number of hydrogen-bond donors (Lipinski definition) is 0. The van der Waals surface area contributed by atoms with E-state index in [0.717, 1.165) is 0 Å². The number of hydrogen-bond acceptors (Lipinski definition) is 4. The Labute approximate surface area is 93.8 Å². The molecule has 7 heteroatoms. The highest BCUT2D eigenvalue weighted by molar-refractivity contribution is 6.41. The van der Waals surface area contributed by atoms with E-state index in [1.165, 1.54) is 12.1 Å². The van der Waals surface area contributed by atoms with Crippen LogP contribution in [-0.4, -0.2) is 14.9 Å². The van der Waals surface area contributed by atoms with Crippen LogP contribution in [0.15, 0.2) is 18.2 Å². The smallest absolute Gasteiger partial charge is 0.358 e. The molecule has 2 aromatic heterocycles. The summed E-state index contributed by atoms with van der Waals surface area (Å²) in [4.78, 5) is 17.4. The molecule has 15 heavy (non-hydrogen) atoms. The van der Waals surface area contributed by atoms with Crippen LogP contribution in [0.4, 0.5) is 5.82 Å². The largest absolute Gasteiger partial charge is 0.365 e. The first-order valence-corrected chi connectivity index (χ1v) is 4.61. The van der Waals surface area contributed by atoms with Crippen molar-refractivity contribution in [2.75, 3.05) is 0 Å². The van der Waals surface area contributed by atoms with Crippen LogP contribution in [0.3, 0.4) is 0 Å². The molecule has 0 aliphatic carbocycles. The summed E-state index contributed by atoms with van der Waals surface area (Å²) in [6, 6.07) is 4.37. The van der Waals surface area contributed by atoms with Crippen molar-refractivity contribution >= 4 is 40.1 Å². The van der Waals surface area contributed by atoms with E-state index >= 15 is 0 Å². The number of fused-ring (bicyclic) bond motifs is 1. The van der Waals surface area contributed by atoms with E-state index in [0.29, 0.717) is 10.4 Å². The molecule has 0 N–H and O–H groups in total. The van der Waals surface area contributed by atoms with Gasteiger partial charge in [-0.05, 0) is 22.0 Å². The topological polar surface area (TPSA) is 68.9 Å². The molecule has 2 aromatic rings. The Morgan fingerprint density at radius 1 is 1.27 bits per heavy atom. The van der Waals surface area contributed by atoms with Crippen molar-refractivity contribution in [3.63, 3.8) is 0 Å². The minimum atomic E-state index is -0.594. The third-order valence-corrected chi connectivity index (χ3v) is 2.43. The molecule has 0 bridgehead atoms. The van der Waals surface area contributed by atoms with E-state index in [2.05, 4.69) is 9.97 Å². The van der Waals surface area contributed by atoms with E-state index in [-0.39, 0.29) is 16.6 Å². The maximum Gasteiger partial charge on any atom is 0.365 e. The Balaban J connectivity index is 2.72. The molecule has 0 amide bonds. The van der Waals surface area contributed by atoms with Gasteiger partial charge in [0.2, 0.25) is 0 Å². The van der Waals surface area contributed by atoms with Crippen molar-refractivity contribution in [1.29, 1.82) is 0 Å². The van der Waals surface area contributed by atoms with Gasteiger partial charge in [-0.3, -0.25) is 0 Å². The maximum atomic E-state index is 10.5. The van der Waals surface area contributed by atoms with E-state index in [1.54, 1.807) is 6.07 Å². The number of pyridine rings is 2. The second-order valence-corrected chi connectivity index (χ2v) is 3.50. The van der Waals surface area contributed by atoms with E-state index < -0.39 is 4.92 Å². The lowest BCUT2D eigenvalue weighted by atomic mass is 10.3. The van der Waals surface area contributed by atoms with Crippen LogP contribution in [0.25, 0.3) is 11.0 Å². The van der Waals surface area contributed by atoms with Gasteiger partial charge in [0, 0.05) is 11.5 Å². The standard InChI is InChI=1S/C8H3Cl2N3O2/c9-5-3-4-1-2-6(13(14)15)11-8(4)12-7(5)10/h1-3H. The molecule has 0 aromatic carbocycles. The first-order chi connectivity index (χ1) is 7.08. The molecule has 0 saturated carbocycles. The van der Waals surface area contributed by atoms with Gasteiger partial charge in [0.15, 0.2) is 5.15 Å². The molecule has 0 aliphatic heterocycles. The summed E-state index contributed by atoms with van der Waals surface area (Å²) in [5, 5.41) is 11.4. The summed E-state index contributed by atoms with van der Waals surface area (Å²) < 4.78 is 0. The third-order valence-electron chi connectivity index (χ3n) is 1.76. The van der Waals surface area contributed by atoms with Gasteiger partial charge in [0.1, 0.15) is 0 Å². The zero-order valence-corrected chi connectivity index (χ0v) is 8.66. The van der Waals surface area contributed by atoms with Crippen LogP contribution in [0.5, 0.6) is 0 Å². The maximum absolute atomic E-state index is 10.5. The Morgan fingerprint density at radius 3 is 2.67 bits per heavy atom. The molecule has 0 spiro atoms. The summed E-state index contributed by atoms with van der Waals surface area (Å²) in [6.07, 6.45) is 0. The van der Waals surface area contributed by atoms with Crippen LogP contribution < -0.4 is 0 Å². The van der Waals surface area contributed by atoms with E-state index in [1.807, 2.05) is 0 Å². The predicted octanol–water partition coefficient (Wildman–Crippen LogP) is 2.84. The highest BCUT2D eigenvalue weighted by Crippen LogP contribution is 2.24. The summed E-state index contributed by atoms with van der Waals surface area (Å²) >= 11 is 11.4. The zero-order valence-electron chi connectivity index (χ0n) is 7.15. The Hall–Kier alpha value is -1.46. The van der Waals surface area contributed by atoms with Gasteiger partial charge in [0.25, 0.3) is 5.65 Å². The summed E-state index contributed by atoms with van der Waals surface area (Å²) in [5.74, 6) is -0.270. The average molecular weight is 244 g/mol. The van der Waals surface area contributed by atoms with Crippen LogP contribution in [-0.2, 0) is 0 Å². The third kappa shape index (κ3) is 1.84. The van der Waals surface area contributed by atoms with Gasteiger partial charge >= 0.3 is 5.82 Å². The minimum Gasteiger partial charge on any atom is -0.358 e. The van der Waals surface area contributed by atoms with Gasteiger partial charge in [-0.2, -0.15) is 4.98 Å². The molecule has 0 atom stereocenters. The zero-order chi connectivity index (χ0) is 11.0. The molecule has 5 nitrogen and oxygen atoms in total. The van der Waals surface area contributed by atoms with E-state index in [4.69, 9.17) is 23.2 Å². The molecule has 76 valence electrons. The van der Waals surface area contributed by atoms with Crippen molar-refractivity contribution in [3.8, 4) is 0 Å². The fourth-order valence-electron chi connectivity index (χ4n) is 1.10. The van der Waals surface area contributed by atoms with Crippen LogP contribution in [0.1, 0.15) is 0 Å². The number of aromatic nitrogens is 2. The molecule has 0 radical (unpaired) electrons. The normalized spacial score (nSPS) is 10.5. The molecule has 0 aliphatic rings. The lowest BCUT2D eigenvalue weighted by Gasteiger charge is -1.96. The number of nitro groups is 1. The quantitative estimate of drug-likeness (QED) is 0.439. The second kappa shape index (κ2) is 3.60. The van der Waals surface area contributed by atoms with Crippen LogP contribution >= 0.6 is 23.2 Å². The van der Waals surface area contributed by atoms with Gasteiger partial charge in [-0.25, -0.2) is 0 Å².